The zero-order valence-electron chi connectivity index (χ0n) is 11.5. The molecule has 1 aromatic carbocycles. The van der Waals surface area contributed by atoms with E-state index < -0.39 is 6.10 Å². The lowest BCUT2D eigenvalue weighted by Gasteiger charge is -2.15. The highest BCUT2D eigenvalue weighted by Gasteiger charge is 2.05. The van der Waals surface area contributed by atoms with Crippen molar-refractivity contribution in [1.82, 2.24) is 5.32 Å². The van der Waals surface area contributed by atoms with E-state index in [1.807, 2.05) is 44.2 Å². The van der Waals surface area contributed by atoms with Crippen molar-refractivity contribution in [2.75, 3.05) is 19.8 Å². The standard InChI is InChI=1S/C15H23NO3/c1-12(2)16-10-14(18)11-19-15-7-3-5-13(9-15)6-4-8-17/h3-7,9,12,14,16-18H,8,10-11H2,1-2H3/b6-4+. The summed E-state index contributed by atoms with van der Waals surface area (Å²) in [6, 6.07) is 7.87. The molecule has 0 amide bonds. The summed E-state index contributed by atoms with van der Waals surface area (Å²) < 4.78 is 5.53. The summed E-state index contributed by atoms with van der Waals surface area (Å²) in [6.45, 7) is 4.86. The predicted molar refractivity (Wildman–Crippen MR) is 77.2 cm³/mol. The molecule has 106 valence electrons. The van der Waals surface area contributed by atoms with Crippen LogP contribution in [-0.4, -0.2) is 42.1 Å². The quantitative estimate of drug-likeness (QED) is 0.665. The predicted octanol–water partition coefficient (Wildman–Crippen LogP) is 1.43. The second kappa shape index (κ2) is 8.69. The van der Waals surface area contributed by atoms with E-state index in [1.165, 1.54) is 0 Å². The molecule has 19 heavy (non-hydrogen) atoms. The van der Waals surface area contributed by atoms with Crippen LogP contribution in [0.5, 0.6) is 5.75 Å². The Balaban J connectivity index is 2.42. The topological polar surface area (TPSA) is 61.7 Å². The molecule has 4 heteroatoms. The molecule has 0 aliphatic rings. The highest BCUT2D eigenvalue weighted by Crippen LogP contribution is 2.14. The summed E-state index contributed by atoms with van der Waals surface area (Å²) in [4.78, 5) is 0. The summed E-state index contributed by atoms with van der Waals surface area (Å²) in [5.41, 5.74) is 0.960. The molecule has 1 aromatic rings. The van der Waals surface area contributed by atoms with Crippen molar-refractivity contribution in [3.8, 4) is 5.75 Å². The molecule has 0 heterocycles. The number of hydrogen-bond donors (Lipinski definition) is 3. The Labute approximate surface area is 114 Å². The molecule has 0 bridgehead atoms. The number of hydrogen-bond acceptors (Lipinski definition) is 4. The highest BCUT2D eigenvalue weighted by atomic mass is 16.5. The lowest BCUT2D eigenvalue weighted by Crippen LogP contribution is -2.35. The van der Waals surface area contributed by atoms with Crippen molar-refractivity contribution < 1.29 is 14.9 Å². The van der Waals surface area contributed by atoms with E-state index in [9.17, 15) is 5.11 Å². The Hall–Kier alpha value is -1.36. The van der Waals surface area contributed by atoms with Gasteiger partial charge in [-0.3, -0.25) is 0 Å². The van der Waals surface area contributed by atoms with Gasteiger partial charge in [0.1, 0.15) is 18.5 Å². The summed E-state index contributed by atoms with van der Waals surface area (Å²) in [6.07, 6.45) is 2.96. The van der Waals surface area contributed by atoms with Crippen LogP contribution < -0.4 is 10.1 Å². The Morgan fingerprint density at radius 1 is 1.37 bits per heavy atom. The molecule has 0 aliphatic carbocycles. The largest absolute Gasteiger partial charge is 0.491 e. The normalized spacial score (nSPS) is 13.1. The third-order valence-corrected chi connectivity index (χ3v) is 2.48. The number of nitrogens with one attached hydrogen (secondary N) is 1. The van der Waals surface area contributed by atoms with Gasteiger partial charge in [0, 0.05) is 12.6 Å². The van der Waals surface area contributed by atoms with Crippen LogP contribution in [0.25, 0.3) is 6.08 Å². The minimum absolute atomic E-state index is 0.0185. The first-order chi connectivity index (χ1) is 9.11. The van der Waals surface area contributed by atoms with Gasteiger partial charge in [0.15, 0.2) is 0 Å². The molecule has 0 aliphatic heterocycles. The van der Waals surface area contributed by atoms with Crippen molar-refractivity contribution in [3.63, 3.8) is 0 Å². The summed E-state index contributed by atoms with van der Waals surface area (Å²) >= 11 is 0. The fraction of sp³-hybridized carbons (Fsp3) is 0.467. The summed E-state index contributed by atoms with van der Waals surface area (Å²) in [5.74, 6) is 0.712. The second-order valence-electron chi connectivity index (χ2n) is 4.69. The lowest BCUT2D eigenvalue weighted by molar-refractivity contribution is 0.104. The molecule has 0 saturated carbocycles. The molecule has 1 atom stereocenters. The van der Waals surface area contributed by atoms with Gasteiger partial charge in [-0.25, -0.2) is 0 Å². The van der Waals surface area contributed by atoms with E-state index in [1.54, 1.807) is 6.08 Å². The molecule has 1 rings (SSSR count). The van der Waals surface area contributed by atoms with Gasteiger partial charge in [-0.2, -0.15) is 0 Å². The van der Waals surface area contributed by atoms with E-state index in [4.69, 9.17) is 9.84 Å². The van der Waals surface area contributed by atoms with Crippen molar-refractivity contribution in [1.29, 1.82) is 0 Å². The number of aliphatic hydroxyl groups excluding tert-OH is 2. The van der Waals surface area contributed by atoms with E-state index in [2.05, 4.69) is 5.32 Å². The van der Waals surface area contributed by atoms with Gasteiger partial charge in [0.25, 0.3) is 0 Å². The van der Waals surface area contributed by atoms with Gasteiger partial charge in [-0.1, -0.05) is 38.1 Å². The van der Waals surface area contributed by atoms with Crippen LogP contribution in [0, 0.1) is 0 Å². The zero-order chi connectivity index (χ0) is 14.1. The molecule has 3 N–H and O–H groups in total. The molecule has 0 aromatic heterocycles. The van der Waals surface area contributed by atoms with E-state index >= 15 is 0 Å². The van der Waals surface area contributed by atoms with Crippen molar-refractivity contribution in [3.05, 3.63) is 35.9 Å². The first-order valence-corrected chi connectivity index (χ1v) is 6.53. The van der Waals surface area contributed by atoms with Crippen LogP contribution in [0.4, 0.5) is 0 Å². The number of benzene rings is 1. The molecule has 0 spiro atoms. The summed E-state index contributed by atoms with van der Waals surface area (Å²) in [5, 5.41) is 21.6. The number of ether oxygens (including phenoxy) is 1. The first-order valence-electron chi connectivity index (χ1n) is 6.53. The Kier molecular flexibility index (Phi) is 7.18. The van der Waals surface area contributed by atoms with E-state index in [0.717, 1.165) is 5.56 Å². The van der Waals surface area contributed by atoms with Crippen molar-refractivity contribution in [2.45, 2.75) is 26.0 Å². The Bertz CT molecular complexity index is 391. The minimum atomic E-state index is -0.529. The first kappa shape index (κ1) is 15.7. The smallest absolute Gasteiger partial charge is 0.120 e. The lowest BCUT2D eigenvalue weighted by atomic mass is 10.2. The maximum absolute atomic E-state index is 9.74. The second-order valence-corrected chi connectivity index (χ2v) is 4.69. The SMILES string of the molecule is CC(C)NCC(O)COc1cccc(/C=C/CO)c1. The number of rotatable bonds is 8. The molecule has 4 nitrogen and oxygen atoms in total. The molecule has 0 fully saturated rings. The minimum Gasteiger partial charge on any atom is -0.491 e. The van der Waals surface area contributed by atoms with Gasteiger partial charge < -0.3 is 20.3 Å². The van der Waals surface area contributed by atoms with Crippen LogP contribution >= 0.6 is 0 Å². The molecular weight excluding hydrogens is 242 g/mol. The third-order valence-electron chi connectivity index (χ3n) is 2.48. The van der Waals surface area contributed by atoms with Crippen LogP contribution in [0.1, 0.15) is 19.4 Å². The average Bonchev–Trinajstić information content (AvgIpc) is 2.41. The molecule has 1 unspecified atom stereocenters. The number of aliphatic hydroxyl groups is 2. The van der Waals surface area contributed by atoms with E-state index in [-0.39, 0.29) is 13.2 Å². The average molecular weight is 265 g/mol. The van der Waals surface area contributed by atoms with Crippen LogP contribution in [0.3, 0.4) is 0 Å². The van der Waals surface area contributed by atoms with Gasteiger partial charge in [-0.05, 0) is 17.7 Å². The summed E-state index contributed by atoms with van der Waals surface area (Å²) in [7, 11) is 0. The zero-order valence-corrected chi connectivity index (χ0v) is 11.5. The van der Waals surface area contributed by atoms with Crippen molar-refractivity contribution in [2.24, 2.45) is 0 Å². The molecule has 0 saturated heterocycles. The fourth-order valence-corrected chi connectivity index (χ4v) is 1.52. The van der Waals surface area contributed by atoms with E-state index in [0.29, 0.717) is 18.3 Å². The van der Waals surface area contributed by atoms with Crippen LogP contribution in [0.2, 0.25) is 0 Å². The monoisotopic (exact) mass is 265 g/mol. The molecular formula is C15H23NO3. The van der Waals surface area contributed by atoms with Crippen molar-refractivity contribution >= 4 is 6.08 Å². The third kappa shape index (κ3) is 6.96. The maximum atomic E-state index is 9.74. The maximum Gasteiger partial charge on any atom is 0.120 e. The van der Waals surface area contributed by atoms with Gasteiger partial charge >= 0.3 is 0 Å². The Morgan fingerprint density at radius 2 is 2.16 bits per heavy atom. The fourth-order valence-electron chi connectivity index (χ4n) is 1.52. The highest BCUT2D eigenvalue weighted by molar-refractivity contribution is 5.51. The van der Waals surface area contributed by atoms with Gasteiger partial charge in [0.2, 0.25) is 0 Å². The van der Waals surface area contributed by atoms with Gasteiger partial charge in [0.05, 0.1) is 6.61 Å². The Morgan fingerprint density at radius 3 is 2.84 bits per heavy atom. The van der Waals surface area contributed by atoms with Crippen LogP contribution in [0.15, 0.2) is 30.3 Å². The van der Waals surface area contributed by atoms with Crippen LogP contribution in [-0.2, 0) is 0 Å². The molecule has 0 radical (unpaired) electrons. The van der Waals surface area contributed by atoms with Gasteiger partial charge in [-0.15, -0.1) is 0 Å².